The molecule has 1 aliphatic carbocycles. The van der Waals surface area contributed by atoms with E-state index in [9.17, 15) is 19.1 Å². The fourth-order valence-corrected chi connectivity index (χ4v) is 4.35. The number of benzene rings is 1. The van der Waals surface area contributed by atoms with Gasteiger partial charge in [0.05, 0.1) is 11.6 Å². The summed E-state index contributed by atoms with van der Waals surface area (Å²) in [5.74, 6) is -0.849. The monoisotopic (exact) mass is 399 g/mol. The van der Waals surface area contributed by atoms with Gasteiger partial charge in [-0.1, -0.05) is 12.5 Å². The van der Waals surface area contributed by atoms with Crippen LogP contribution in [0.4, 0.5) is 9.18 Å². The highest BCUT2D eigenvalue weighted by molar-refractivity contribution is 5.80. The fourth-order valence-electron chi connectivity index (χ4n) is 4.35. The third kappa shape index (κ3) is 3.74. The molecule has 0 spiro atoms. The largest absolute Gasteiger partial charge is 0.481 e. The topological polar surface area (TPSA) is 91.8 Å². The highest BCUT2D eigenvalue weighted by atomic mass is 19.1. The number of ether oxygens (including phenoxy) is 1. The maximum Gasteiger partial charge on any atom is 0.317 e. The number of hydrogen-bond acceptors (Lipinski definition) is 4. The molecular weight excluding hydrogens is 377 g/mol. The molecule has 2 aromatic rings. The maximum atomic E-state index is 14.3. The van der Waals surface area contributed by atoms with Crippen LogP contribution in [0.2, 0.25) is 0 Å². The smallest absolute Gasteiger partial charge is 0.317 e. The summed E-state index contributed by atoms with van der Waals surface area (Å²) in [5.41, 5.74) is -0.226. The molecule has 152 valence electrons. The van der Waals surface area contributed by atoms with Crippen LogP contribution in [-0.4, -0.2) is 40.1 Å². The van der Waals surface area contributed by atoms with Crippen molar-refractivity contribution in [3.63, 3.8) is 0 Å². The standard InChI is InChI=1S/C21H22FN3O4/c22-17-9-14(5-6-18(17)29-16-4-2-8-23-11-16)10-24-20(28)25-12-15-3-1-7-21(15,13-25)19(26)27/h2,4-6,8-9,11,15H,1,3,7,10,12-13H2,(H,24,28)(H,26,27)/t15-,21+/m0/s1. The van der Waals surface area contributed by atoms with Gasteiger partial charge in [0, 0.05) is 25.8 Å². The maximum absolute atomic E-state index is 14.3. The molecule has 4 rings (SSSR count). The minimum absolute atomic E-state index is 0.00658. The molecule has 8 heteroatoms. The SMILES string of the molecule is O=C(NCc1ccc(Oc2cccnc2)c(F)c1)N1C[C@@H]2CCC[C@@]2(C(=O)O)C1. The minimum Gasteiger partial charge on any atom is -0.481 e. The van der Waals surface area contributed by atoms with Gasteiger partial charge < -0.3 is 20.1 Å². The molecule has 2 aliphatic rings. The Morgan fingerprint density at radius 3 is 2.93 bits per heavy atom. The fraction of sp³-hybridized carbons (Fsp3) is 0.381. The van der Waals surface area contributed by atoms with E-state index in [0.29, 0.717) is 24.3 Å². The molecule has 2 fully saturated rings. The zero-order chi connectivity index (χ0) is 20.4. The second-order valence-electron chi connectivity index (χ2n) is 7.65. The molecule has 0 unspecified atom stereocenters. The summed E-state index contributed by atoms with van der Waals surface area (Å²) < 4.78 is 19.8. The number of urea groups is 1. The van der Waals surface area contributed by atoms with Crippen LogP contribution in [0.3, 0.4) is 0 Å². The van der Waals surface area contributed by atoms with Crippen molar-refractivity contribution < 1.29 is 23.8 Å². The Hall–Kier alpha value is -3.16. The van der Waals surface area contributed by atoms with Gasteiger partial charge in [0.2, 0.25) is 0 Å². The summed E-state index contributed by atoms with van der Waals surface area (Å²) in [6.45, 7) is 0.819. The molecule has 0 radical (unpaired) electrons. The molecule has 1 aromatic carbocycles. The molecule has 1 aliphatic heterocycles. The Morgan fingerprint density at radius 1 is 1.38 bits per heavy atom. The van der Waals surface area contributed by atoms with Gasteiger partial charge >= 0.3 is 12.0 Å². The summed E-state index contributed by atoms with van der Waals surface area (Å²) in [7, 11) is 0. The number of likely N-dealkylation sites (tertiary alicyclic amines) is 1. The van der Waals surface area contributed by atoms with Gasteiger partial charge in [0.25, 0.3) is 0 Å². The number of pyridine rings is 1. The number of nitrogens with zero attached hydrogens (tertiary/aromatic N) is 2. The number of rotatable bonds is 5. The van der Waals surface area contributed by atoms with Crippen LogP contribution in [0.1, 0.15) is 24.8 Å². The third-order valence-electron chi connectivity index (χ3n) is 5.89. The number of aromatic nitrogens is 1. The van der Waals surface area contributed by atoms with E-state index in [-0.39, 0.29) is 30.8 Å². The van der Waals surface area contributed by atoms with Crippen LogP contribution in [-0.2, 0) is 11.3 Å². The average molecular weight is 399 g/mol. The number of carboxylic acids is 1. The van der Waals surface area contributed by atoms with E-state index in [1.807, 2.05) is 0 Å². The summed E-state index contributed by atoms with van der Waals surface area (Å²) in [5, 5.41) is 12.4. The van der Waals surface area contributed by atoms with Crippen molar-refractivity contribution in [3.05, 3.63) is 54.1 Å². The lowest BCUT2D eigenvalue weighted by atomic mass is 9.81. The number of aliphatic carboxylic acids is 1. The van der Waals surface area contributed by atoms with E-state index in [0.717, 1.165) is 12.8 Å². The first-order chi connectivity index (χ1) is 14.0. The van der Waals surface area contributed by atoms with Crippen LogP contribution < -0.4 is 10.1 Å². The van der Waals surface area contributed by atoms with Gasteiger partial charge in [-0.25, -0.2) is 9.18 Å². The van der Waals surface area contributed by atoms with Crippen LogP contribution in [0.15, 0.2) is 42.7 Å². The Morgan fingerprint density at radius 2 is 2.24 bits per heavy atom. The molecule has 1 saturated heterocycles. The van der Waals surface area contributed by atoms with Crippen molar-refractivity contribution in [1.82, 2.24) is 15.2 Å². The second-order valence-corrected chi connectivity index (χ2v) is 7.65. The number of amides is 2. The van der Waals surface area contributed by atoms with E-state index in [4.69, 9.17) is 4.74 Å². The Labute approximate surface area is 167 Å². The van der Waals surface area contributed by atoms with E-state index >= 15 is 0 Å². The van der Waals surface area contributed by atoms with Crippen molar-refractivity contribution in [2.75, 3.05) is 13.1 Å². The van der Waals surface area contributed by atoms with E-state index in [1.165, 1.54) is 18.3 Å². The first-order valence-corrected chi connectivity index (χ1v) is 9.60. The number of fused-ring (bicyclic) bond motifs is 1. The summed E-state index contributed by atoms with van der Waals surface area (Å²) in [4.78, 5) is 29.7. The molecule has 2 N–H and O–H groups in total. The van der Waals surface area contributed by atoms with Gasteiger partial charge in [-0.15, -0.1) is 0 Å². The lowest BCUT2D eigenvalue weighted by molar-refractivity contribution is -0.149. The van der Waals surface area contributed by atoms with Crippen LogP contribution in [0.5, 0.6) is 11.5 Å². The highest BCUT2D eigenvalue weighted by Crippen LogP contribution is 2.48. The number of halogens is 1. The molecule has 29 heavy (non-hydrogen) atoms. The quantitative estimate of drug-likeness (QED) is 0.804. The van der Waals surface area contributed by atoms with Gasteiger partial charge in [0.15, 0.2) is 11.6 Å². The molecule has 2 amide bonds. The van der Waals surface area contributed by atoms with Crippen molar-refractivity contribution in [2.24, 2.45) is 11.3 Å². The number of hydrogen-bond donors (Lipinski definition) is 2. The molecule has 2 atom stereocenters. The lowest BCUT2D eigenvalue weighted by Gasteiger charge is -2.23. The molecule has 1 aromatic heterocycles. The van der Waals surface area contributed by atoms with E-state index in [1.54, 1.807) is 29.3 Å². The Balaban J connectivity index is 1.35. The predicted octanol–water partition coefficient (Wildman–Crippen LogP) is 3.41. The van der Waals surface area contributed by atoms with Crippen molar-refractivity contribution in [2.45, 2.75) is 25.8 Å². The number of carbonyl (C=O) groups is 2. The first kappa shape index (κ1) is 19.2. The first-order valence-electron chi connectivity index (χ1n) is 9.60. The summed E-state index contributed by atoms with van der Waals surface area (Å²) >= 11 is 0. The van der Waals surface area contributed by atoms with Crippen molar-refractivity contribution >= 4 is 12.0 Å². The molecular formula is C21H22FN3O4. The molecule has 2 heterocycles. The Kier molecular flexibility index (Phi) is 5.08. The van der Waals surface area contributed by atoms with Crippen LogP contribution >= 0.6 is 0 Å². The van der Waals surface area contributed by atoms with Gasteiger partial charge in [-0.05, 0) is 48.6 Å². The predicted molar refractivity (Wildman–Crippen MR) is 102 cm³/mol. The normalized spacial score (nSPS) is 22.9. The van der Waals surface area contributed by atoms with Crippen molar-refractivity contribution in [1.29, 1.82) is 0 Å². The van der Waals surface area contributed by atoms with Crippen molar-refractivity contribution in [3.8, 4) is 11.5 Å². The molecule has 7 nitrogen and oxygen atoms in total. The second kappa shape index (κ2) is 7.69. The zero-order valence-electron chi connectivity index (χ0n) is 15.8. The van der Waals surface area contributed by atoms with Gasteiger partial charge in [-0.3, -0.25) is 9.78 Å². The average Bonchev–Trinajstić information content (AvgIpc) is 3.28. The molecule has 0 bridgehead atoms. The van der Waals surface area contributed by atoms with Crippen LogP contribution in [0, 0.1) is 17.2 Å². The number of carbonyl (C=O) groups excluding carboxylic acids is 1. The minimum atomic E-state index is -0.818. The van der Waals surface area contributed by atoms with E-state index < -0.39 is 17.2 Å². The third-order valence-corrected chi connectivity index (χ3v) is 5.89. The van der Waals surface area contributed by atoms with Gasteiger partial charge in [-0.2, -0.15) is 0 Å². The zero-order valence-corrected chi connectivity index (χ0v) is 15.8. The number of carboxylic acid groups (broad SMARTS) is 1. The Bertz CT molecular complexity index is 923. The molecule has 1 saturated carbocycles. The summed E-state index contributed by atoms with van der Waals surface area (Å²) in [6, 6.07) is 7.53. The van der Waals surface area contributed by atoms with Crippen LogP contribution in [0.25, 0.3) is 0 Å². The number of nitrogens with one attached hydrogen (secondary N) is 1. The highest BCUT2D eigenvalue weighted by Gasteiger charge is 2.55. The summed E-state index contributed by atoms with van der Waals surface area (Å²) in [6.07, 6.45) is 5.42. The lowest BCUT2D eigenvalue weighted by Crippen LogP contribution is -2.41. The van der Waals surface area contributed by atoms with E-state index in [2.05, 4.69) is 10.3 Å². The van der Waals surface area contributed by atoms with Gasteiger partial charge in [0.1, 0.15) is 5.75 Å².